The molecule has 1 aromatic heterocycles. The van der Waals surface area contributed by atoms with Crippen molar-refractivity contribution in [1.29, 1.82) is 0 Å². The predicted molar refractivity (Wildman–Crippen MR) is 44.3 cm³/mol. The molecule has 0 aliphatic carbocycles. The highest BCUT2D eigenvalue weighted by atomic mass is 19.3. The summed E-state index contributed by atoms with van der Waals surface area (Å²) in [6.07, 6.45) is -2.43. The molecule has 7 heteroatoms. The van der Waals surface area contributed by atoms with E-state index >= 15 is 0 Å². The number of rotatable bonds is 6. The lowest BCUT2D eigenvalue weighted by Crippen LogP contribution is -2.13. The van der Waals surface area contributed by atoms with Crippen LogP contribution in [0.1, 0.15) is 5.82 Å². The Kier molecular flexibility index (Phi) is 4.24. The molecule has 0 aromatic carbocycles. The third kappa shape index (κ3) is 4.13. The van der Waals surface area contributed by atoms with E-state index in [1.54, 1.807) is 6.92 Å². The zero-order valence-corrected chi connectivity index (χ0v) is 7.67. The molecular formula is C7H11F2N3O2. The Hall–Kier alpha value is -1.24. The number of nitrogens with one attached hydrogen (secondary N) is 1. The van der Waals surface area contributed by atoms with Gasteiger partial charge in [0, 0.05) is 6.54 Å². The molecule has 14 heavy (non-hydrogen) atoms. The second kappa shape index (κ2) is 5.48. The summed E-state index contributed by atoms with van der Waals surface area (Å²) >= 11 is 0. The van der Waals surface area contributed by atoms with Crippen molar-refractivity contribution < 1.29 is 18.0 Å². The smallest absolute Gasteiger partial charge is 0.321 e. The Morgan fingerprint density at radius 1 is 1.57 bits per heavy atom. The molecule has 5 nitrogen and oxygen atoms in total. The van der Waals surface area contributed by atoms with Gasteiger partial charge >= 0.3 is 6.01 Å². The minimum absolute atomic E-state index is 0.172. The van der Waals surface area contributed by atoms with Crippen LogP contribution in [-0.2, 0) is 4.74 Å². The molecule has 0 amide bonds. The second-order valence-corrected chi connectivity index (χ2v) is 2.54. The molecule has 0 saturated heterocycles. The highest BCUT2D eigenvalue weighted by Crippen LogP contribution is 2.00. The maximum atomic E-state index is 11.6. The first-order valence-corrected chi connectivity index (χ1v) is 4.08. The zero-order valence-electron chi connectivity index (χ0n) is 7.67. The van der Waals surface area contributed by atoms with E-state index in [4.69, 9.17) is 4.52 Å². The molecule has 80 valence electrons. The van der Waals surface area contributed by atoms with Crippen molar-refractivity contribution >= 4 is 6.01 Å². The molecule has 1 rings (SSSR count). The average molecular weight is 207 g/mol. The lowest BCUT2D eigenvalue weighted by atomic mass is 10.6. The Morgan fingerprint density at radius 2 is 2.36 bits per heavy atom. The molecule has 0 atom stereocenters. The molecule has 0 unspecified atom stereocenters. The topological polar surface area (TPSA) is 60.2 Å². The van der Waals surface area contributed by atoms with Gasteiger partial charge in [0.25, 0.3) is 6.43 Å². The summed E-state index contributed by atoms with van der Waals surface area (Å²) in [5.41, 5.74) is 0. The van der Waals surface area contributed by atoms with Crippen LogP contribution in [0.15, 0.2) is 4.52 Å². The standard InChI is InChI=1S/C7H11F2N3O2/c1-5-11-7(14-12-5)10-2-3-13-4-6(8)9/h6H,2-4H2,1H3,(H,10,11,12). The maximum Gasteiger partial charge on any atom is 0.321 e. The zero-order chi connectivity index (χ0) is 10.4. The highest BCUT2D eigenvalue weighted by Gasteiger charge is 2.02. The van der Waals surface area contributed by atoms with Gasteiger partial charge in [-0.15, -0.1) is 0 Å². The third-order valence-electron chi connectivity index (χ3n) is 1.29. The summed E-state index contributed by atoms with van der Waals surface area (Å²) in [4.78, 5) is 3.85. The van der Waals surface area contributed by atoms with Crippen LogP contribution in [0.2, 0.25) is 0 Å². The van der Waals surface area contributed by atoms with Crippen LogP contribution in [0.3, 0.4) is 0 Å². The Morgan fingerprint density at radius 3 is 2.93 bits per heavy atom. The van der Waals surface area contributed by atoms with Gasteiger partial charge in [0.05, 0.1) is 6.61 Å². The number of hydrogen-bond donors (Lipinski definition) is 1. The molecule has 1 N–H and O–H groups in total. The van der Waals surface area contributed by atoms with Gasteiger partial charge in [-0.2, -0.15) is 4.98 Å². The van der Waals surface area contributed by atoms with Gasteiger partial charge in [-0.05, 0) is 6.92 Å². The van der Waals surface area contributed by atoms with Crippen LogP contribution >= 0.6 is 0 Å². The second-order valence-electron chi connectivity index (χ2n) is 2.54. The third-order valence-corrected chi connectivity index (χ3v) is 1.29. The first-order chi connectivity index (χ1) is 6.68. The van der Waals surface area contributed by atoms with E-state index < -0.39 is 13.0 Å². The summed E-state index contributed by atoms with van der Waals surface area (Å²) in [5, 5.41) is 6.26. The summed E-state index contributed by atoms with van der Waals surface area (Å²) in [6, 6.07) is 0.267. The van der Waals surface area contributed by atoms with Crippen LogP contribution in [0.4, 0.5) is 14.8 Å². The van der Waals surface area contributed by atoms with Crippen molar-refractivity contribution in [2.45, 2.75) is 13.3 Å². The van der Waals surface area contributed by atoms with Gasteiger partial charge in [-0.1, -0.05) is 5.16 Å². The number of nitrogens with zero attached hydrogens (tertiary/aromatic N) is 2. The van der Waals surface area contributed by atoms with Gasteiger partial charge in [-0.3, -0.25) is 0 Å². The fourth-order valence-electron chi connectivity index (χ4n) is 0.771. The number of hydrogen-bond acceptors (Lipinski definition) is 5. The summed E-state index contributed by atoms with van der Waals surface area (Å²) < 4.78 is 32.5. The average Bonchev–Trinajstić information content (AvgIpc) is 2.50. The Labute approximate surface area is 79.4 Å². The lowest BCUT2D eigenvalue weighted by Gasteiger charge is -2.02. The first-order valence-electron chi connectivity index (χ1n) is 4.08. The highest BCUT2D eigenvalue weighted by molar-refractivity contribution is 5.17. The summed E-state index contributed by atoms with van der Waals surface area (Å²) in [5.74, 6) is 0.515. The SMILES string of the molecule is Cc1noc(NCCOCC(F)F)n1. The minimum Gasteiger partial charge on any atom is -0.374 e. The van der Waals surface area contributed by atoms with Crippen molar-refractivity contribution in [2.75, 3.05) is 25.1 Å². The quantitative estimate of drug-likeness (QED) is 0.707. The molecule has 0 radical (unpaired) electrons. The van der Waals surface area contributed by atoms with Gasteiger partial charge in [0.2, 0.25) is 0 Å². The van der Waals surface area contributed by atoms with E-state index in [9.17, 15) is 8.78 Å². The van der Waals surface area contributed by atoms with Crippen molar-refractivity contribution in [2.24, 2.45) is 0 Å². The van der Waals surface area contributed by atoms with Crippen LogP contribution < -0.4 is 5.32 Å². The van der Waals surface area contributed by atoms with Crippen LogP contribution in [-0.4, -0.2) is 36.3 Å². The van der Waals surface area contributed by atoms with Crippen molar-refractivity contribution in [3.8, 4) is 0 Å². The van der Waals surface area contributed by atoms with Gasteiger partial charge in [0.1, 0.15) is 6.61 Å². The van der Waals surface area contributed by atoms with Crippen molar-refractivity contribution in [1.82, 2.24) is 10.1 Å². The number of anilines is 1. The Balaban J connectivity index is 2.04. The Bertz CT molecular complexity index is 267. The normalized spacial score (nSPS) is 10.9. The van der Waals surface area contributed by atoms with E-state index in [2.05, 4.69) is 20.2 Å². The first kappa shape index (κ1) is 10.8. The van der Waals surface area contributed by atoms with Crippen molar-refractivity contribution in [3.05, 3.63) is 5.82 Å². The minimum atomic E-state index is -2.43. The predicted octanol–water partition coefficient (Wildman–Crippen LogP) is 1.07. The maximum absolute atomic E-state index is 11.6. The summed E-state index contributed by atoms with van der Waals surface area (Å²) in [6.45, 7) is 1.66. The molecule has 1 heterocycles. The van der Waals surface area contributed by atoms with E-state index in [-0.39, 0.29) is 12.6 Å². The van der Waals surface area contributed by atoms with Gasteiger partial charge < -0.3 is 14.6 Å². The molecule has 0 bridgehead atoms. The number of halogens is 2. The number of aryl methyl sites for hydroxylation is 1. The molecule has 0 aliphatic rings. The van der Waals surface area contributed by atoms with Crippen LogP contribution in [0, 0.1) is 6.92 Å². The largest absolute Gasteiger partial charge is 0.374 e. The fourth-order valence-corrected chi connectivity index (χ4v) is 0.771. The van der Waals surface area contributed by atoms with Gasteiger partial charge in [-0.25, -0.2) is 8.78 Å². The molecule has 0 fully saturated rings. The van der Waals surface area contributed by atoms with E-state index in [0.717, 1.165) is 0 Å². The van der Waals surface area contributed by atoms with Crippen LogP contribution in [0.5, 0.6) is 0 Å². The number of ether oxygens (including phenoxy) is 1. The molecule has 0 spiro atoms. The summed E-state index contributed by atoms with van der Waals surface area (Å²) in [7, 11) is 0. The van der Waals surface area contributed by atoms with E-state index in [1.165, 1.54) is 0 Å². The molecule has 0 saturated carbocycles. The lowest BCUT2D eigenvalue weighted by molar-refractivity contribution is 0.0214. The van der Waals surface area contributed by atoms with E-state index in [0.29, 0.717) is 12.4 Å². The van der Waals surface area contributed by atoms with Crippen molar-refractivity contribution in [3.63, 3.8) is 0 Å². The molecule has 0 aliphatic heterocycles. The van der Waals surface area contributed by atoms with Gasteiger partial charge in [0.15, 0.2) is 5.82 Å². The number of alkyl halides is 2. The fraction of sp³-hybridized carbons (Fsp3) is 0.714. The van der Waals surface area contributed by atoms with E-state index in [1.807, 2.05) is 0 Å². The molecular weight excluding hydrogens is 196 g/mol. The molecule has 1 aromatic rings. The monoisotopic (exact) mass is 207 g/mol. The number of aromatic nitrogens is 2. The van der Waals surface area contributed by atoms with Crippen LogP contribution in [0.25, 0.3) is 0 Å².